The predicted molar refractivity (Wildman–Crippen MR) is 70.8 cm³/mol. The molecule has 2 atom stereocenters. The Morgan fingerprint density at radius 3 is 2.70 bits per heavy atom. The first-order chi connectivity index (χ1) is 9.54. The molecule has 1 N–H and O–H groups in total. The molecule has 0 aliphatic carbocycles. The second-order valence-corrected chi connectivity index (χ2v) is 5.12. The van der Waals surface area contributed by atoms with E-state index in [0.29, 0.717) is 16.9 Å². The van der Waals surface area contributed by atoms with E-state index in [1.165, 1.54) is 30.3 Å². The predicted octanol–water partition coefficient (Wildman–Crippen LogP) is 4.18. The van der Waals surface area contributed by atoms with Crippen molar-refractivity contribution in [3.8, 4) is 5.75 Å². The average Bonchev–Trinajstić information content (AvgIpc) is 2.42. The third-order valence-electron chi connectivity index (χ3n) is 3.35. The maximum atomic E-state index is 13.2. The molecule has 0 bridgehead atoms. The molecule has 0 amide bonds. The van der Waals surface area contributed by atoms with Gasteiger partial charge in [0.05, 0.1) is 11.1 Å². The van der Waals surface area contributed by atoms with Gasteiger partial charge >= 0.3 is 0 Å². The molecule has 1 heterocycles. The van der Waals surface area contributed by atoms with Gasteiger partial charge in [0.15, 0.2) is 0 Å². The quantitative estimate of drug-likeness (QED) is 0.855. The molecular weight excluding hydrogens is 286 g/mol. The Morgan fingerprint density at radius 1 is 1.15 bits per heavy atom. The number of aliphatic hydroxyl groups is 1. The highest BCUT2D eigenvalue weighted by Gasteiger charge is 2.28. The van der Waals surface area contributed by atoms with E-state index in [2.05, 4.69) is 0 Å². The van der Waals surface area contributed by atoms with E-state index < -0.39 is 23.8 Å². The van der Waals surface area contributed by atoms with Gasteiger partial charge in [0.1, 0.15) is 23.5 Å². The highest BCUT2D eigenvalue weighted by Crippen LogP contribution is 2.41. The normalized spacial score (nSPS) is 21.2. The lowest BCUT2D eigenvalue weighted by Crippen LogP contribution is -2.19. The molecular formula is C15H11ClF2O2. The maximum absolute atomic E-state index is 13.2. The average molecular weight is 297 g/mol. The molecule has 20 heavy (non-hydrogen) atoms. The van der Waals surface area contributed by atoms with Crippen molar-refractivity contribution in [2.75, 3.05) is 0 Å². The summed E-state index contributed by atoms with van der Waals surface area (Å²) in [5.41, 5.74) is 1.10. The van der Waals surface area contributed by atoms with Gasteiger partial charge in [-0.2, -0.15) is 0 Å². The molecule has 3 rings (SSSR count). The van der Waals surface area contributed by atoms with Crippen LogP contribution in [-0.4, -0.2) is 5.11 Å². The van der Waals surface area contributed by atoms with E-state index in [4.69, 9.17) is 16.3 Å². The third kappa shape index (κ3) is 2.37. The monoisotopic (exact) mass is 296 g/mol. The second-order valence-electron chi connectivity index (χ2n) is 4.71. The first-order valence-electron chi connectivity index (χ1n) is 6.13. The Morgan fingerprint density at radius 2 is 1.95 bits per heavy atom. The molecule has 2 nitrogen and oxygen atoms in total. The lowest BCUT2D eigenvalue weighted by atomic mass is 9.95. The van der Waals surface area contributed by atoms with Gasteiger partial charge in [-0.15, -0.1) is 0 Å². The fourth-order valence-electron chi connectivity index (χ4n) is 2.33. The Balaban J connectivity index is 1.94. The molecule has 2 unspecified atom stereocenters. The number of hydrogen-bond acceptors (Lipinski definition) is 2. The second kappa shape index (κ2) is 5.04. The van der Waals surface area contributed by atoms with Crippen LogP contribution < -0.4 is 4.74 Å². The summed E-state index contributed by atoms with van der Waals surface area (Å²) in [6.45, 7) is 0. The first-order valence-corrected chi connectivity index (χ1v) is 6.51. The summed E-state index contributed by atoms with van der Waals surface area (Å²) in [7, 11) is 0. The van der Waals surface area contributed by atoms with E-state index in [9.17, 15) is 13.9 Å². The van der Waals surface area contributed by atoms with E-state index in [-0.39, 0.29) is 11.4 Å². The van der Waals surface area contributed by atoms with Gasteiger partial charge < -0.3 is 9.84 Å². The third-order valence-corrected chi connectivity index (χ3v) is 3.64. The molecule has 0 saturated carbocycles. The largest absolute Gasteiger partial charge is 0.485 e. The Bertz CT molecular complexity index is 660. The molecule has 2 aromatic rings. The fourth-order valence-corrected chi connectivity index (χ4v) is 2.52. The van der Waals surface area contributed by atoms with Crippen molar-refractivity contribution in [1.82, 2.24) is 0 Å². The molecule has 1 aliphatic heterocycles. The van der Waals surface area contributed by atoms with Gasteiger partial charge in [0, 0.05) is 12.0 Å². The molecule has 0 radical (unpaired) electrons. The maximum Gasteiger partial charge on any atom is 0.141 e. The summed E-state index contributed by atoms with van der Waals surface area (Å²) in [4.78, 5) is 0. The first kappa shape index (κ1) is 13.3. The van der Waals surface area contributed by atoms with E-state index in [1.807, 2.05) is 0 Å². The van der Waals surface area contributed by atoms with Crippen LogP contribution in [0.4, 0.5) is 8.78 Å². The number of fused-ring (bicyclic) bond motifs is 1. The van der Waals surface area contributed by atoms with Crippen molar-refractivity contribution in [3.63, 3.8) is 0 Å². The number of halogens is 3. The number of ether oxygens (including phenoxy) is 1. The molecule has 0 spiro atoms. The smallest absolute Gasteiger partial charge is 0.141 e. The zero-order chi connectivity index (χ0) is 14.3. The van der Waals surface area contributed by atoms with Crippen LogP contribution in [0.25, 0.3) is 0 Å². The van der Waals surface area contributed by atoms with Crippen LogP contribution in [0, 0.1) is 11.6 Å². The number of aliphatic hydroxyl groups excluding tert-OH is 1. The van der Waals surface area contributed by atoms with Crippen molar-refractivity contribution in [3.05, 3.63) is 64.2 Å². The minimum Gasteiger partial charge on any atom is -0.485 e. The van der Waals surface area contributed by atoms with Gasteiger partial charge in [0.25, 0.3) is 0 Å². The minimum atomic E-state index is -0.830. The van der Waals surface area contributed by atoms with Gasteiger partial charge in [-0.05, 0) is 35.9 Å². The van der Waals surface area contributed by atoms with Crippen molar-refractivity contribution in [2.45, 2.75) is 18.6 Å². The number of benzene rings is 2. The van der Waals surface area contributed by atoms with Gasteiger partial charge in [-0.1, -0.05) is 17.7 Å². The molecule has 5 heteroatoms. The lowest BCUT2D eigenvalue weighted by Gasteiger charge is -2.30. The van der Waals surface area contributed by atoms with Gasteiger partial charge in [-0.3, -0.25) is 0 Å². The zero-order valence-electron chi connectivity index (χ0n) is 10.3. The van der Waals surface area contributed by atoms with Gasteiger partial charge in [-0.25, -0.2) is 8.78 Å². The summed E-state index contributed by atoms with van der Waals surface area (Å²) < 4.78 is 32.1. The summed E-state index contributed by atoms with van der Waals surface area (Å²) in [5.74, 6) is -0.500. The highest BCUT2D eigenvalue weighted by atomic mass is 35.5. The Kier molecular flexibility index (Phi) is 3.36. The fraction of sp³-hybridized carbons (Fsp3) is 0.200. The SMILES string of the molecule is OC1CC(c2ccc(F)c(Cl)c2)Oc2ccc(F)cc21. The van der Waals surface area contributed by atoms with Crippen LogP contribution >= 0.6 is 11.6 Å². The van der Waals surface area contributed by atoms with E-state index >= 15 is 0 Å². The van der Waals surface area contributed by atoms with Crippen LogP contribution in [0.5, 0.6) is 5.75 Å². The van der Waals surface area contributed by atoms with Crippen molar-refractivity contribution in [2.24, 2.45) is 0 Å². The van der Waals surface area contributed by atoms with Crippen LogP contribution in [0.2, 0.25) is 5.02 Å². The summed E-state index contributed by atoms with van der Waals surface area (Å²) in [5, 5.41) is 10.1. The van der Waals surface area contributed by atoms with E-state index in [0.717, 1.165) is 0 Å². The van der Waals surface area contributed by atoms with Crippen LogP contribution in [0.3, 0.4) is 0 Å². The topological polar surface area (TPSA) is 29.5 Å². The highest BCUT2D eigenvalue weighted by molar-refractivity contribution is 6.30. The molecule has 104 valence electrons. The standard InChI is InChI=1S/C15H11ClF2O2/c16-11-5-8(1-3-12(11)18)15-7-13(19)10-6-9(17)2-4-14(10)20-15/h1-6,13,15,19H,7H2. The number of hydrogen-bond donors (Lipinski definition) is 1. The minimum absolute atomic E-state index is 0.00509. The summed E-state index contributed by atoms with van der Waals surface area (Å²) in [6.07, 6.45) is -1.01. The van der Waals surface area contributed by atoms with E-state index in [1.54, 1.807) is 6.07 Å². The molecule has 0 fully saturated rings. The van der Waals surface area contributed by atoms with Gasteiger partial charge in [0.2, 0.25) is 0 Å². The molecule has 0 aromatic heterocycles. The molecule has 1 aliphatic rings. The summed E-state index contributed by atoms with van der Waals surface area (Å²) in [6, 6.07) is 8.30. The molecule has 0 saturated heterocycles. The van der Waals surface area contributed by atoms with Crippen LogP contribution in [-0.2, 0) is 0 Å². The Hall–Kier alpha value is -1.65. The molecule has 2 aromatic carbocycles. The summed E-state index contributed by atoms with van der Waals surface area (Å²) >= 11 is 5.75. The number of rotatable bonds is 1. The Labute approximate surface area is 119 Å². The van der Waals surface area contributed by atoms with Crippen LogP contribution in [0.15, 0.2) is 36.4 Å². The zero-order valence-corrected chi connectivity index (χ0v) is 11.1. The van der Waals surface area contributed by atoms with Crippen LogP contribution in [0.1, 0.15) is 29.8 Å². The van der Waals surface area contributed by atoms with Crippen molar-refractivity contribution >= 4 is 11.6 Å². The van der Waals surface area contributed by atoms with Crippen molar-refractivity contribution in [1.29, 1.82) is 0 Å². The van der Waals surface area contributed by atoms with Crippen molar-refractivity contribution < 1.29 is 18.6 Å². The lowest BCUT2D eigenvalue weighted by molar-refractivity contribution is 0.0653.